The summed E-state index contributed by atoms with van der Waals surface area (Å²) in [5, 5.41) is 3.35. The van der Waals surface area contributed by atoms with Crippen LogP contribution < -0.4 is 15.1 Å². The Morgan fingerprint density at radius 2 is 1.40 bits per heavy atom. The molecular weight excluding hydrogens is 548 g/mol. The van der Waals surface area contributed by atoms with Crippen molar-refractivity contribution < 1.29 is 14.3 Å². The number of piperazine rings is 1. The Kier molecular flexibility index (Phi) is 7.75. The van der Waals surface area contributed by atoms with Crippen molar-refractivity contribution in [2.75, 3.05) is 101 Å². The molecular formula is C30H36N10O3. The van der Waals surface area contributed by atoms with Gasteiger partial charge in [-0.15, -0.1) is 0 Å². The summed E-state index contributed by atoms with van der Waals surface area (Å²) in [5.41, 5.74) is 4.05. The monoisotopic (exact) mass is 584 g/mol. The number of likely N-dealkylation sites (N-methyl/N-ethyl adjacent to an activating group) is 1. The largest absolute Gasteiger partial charge is 0.378 e. The van der Waals surface area contributed by atoms with Gasteiger partial charge in [-0.25, -0.2) is 4.98 Å². The average molecular weight is 585 g/mol. The number of benzene rings is 2. The number of H-pyrrole nitrogens is 1. The minimum Gasteiger partial charge on any atom is -0.378 e. The second-order valence-corrected chi connectivity index (χ2v) is 11.1. The maximum atomic E-state index is 13.0. The predicted molar refractivity (Wildman–Crippen MR) is 164 cm³/mol. The highest BCUT2D eigenvalue weighted by molar-refractivity contribution is 5.97. The van der Waals surface area contributed by atoms with E-state index < -0.39 is 0 Å². The van der Waals surface area contributed by atoms with E-state index in [0.717, 1.165) is 74.6 Å². The summed E-state index contributed by atoms with van der Waals surface area (Å²) in [7, 11) is 2.08. The van der Waals surface area contributed by atoms with Gasteiger partial charge in [-0.1, -0.05) is 0 Å². The molecule has 13 heteroatoms. The zero-order valence-electron chi connectivity index (χ0n) is 24.3. The lowest BCUT2D eigenvalue weighted by atomic mass is 10.1. The van der Waals surface area contributed by atoms with Crippen LogP contribution >= 0.6 is 0 Å². The van der Waals surface area contributed by atoms with Crippen LogP contribution in [-0.2, 0) is 9.47 Å². The molecule has 0 unspecified atom stereocenters. The SMILES string of the molecule is CN1CCN(C(=O)c2ccc3nc(Nc4ccc(-c5nc(N6CCOCC6)nc(N6CCOCC6)n5)cc4)[nH]c3c2)CC1. The maximum absolute atomic E-state index is 13.0. The molecule has 3 fully saturated rings. The van der Waals surface area contributed by atoms with Crippen LogP contribution in [0.3, 0.4) is 0 Å². The van der Waals surface area contributed by atoms with E-state index in [2.05, 4.69) is 37.0 Å². The third-order valence-electron chi connectivity index (χ3n) is 8.12. The topological polar surface area (TPSA) is 128 Å². The first-order valence-corrected chi connectivity index (χ1v) is 14.9. The summed E-state index contributed by atoms with van der Waals surface area (Å²) in [5.74, 6) is 2.64. The van der Waals surface area contributed by atoms with Crippen molar-refractivity contribution in [2.45, 2.75) is 0 Å². The molecule has 0 bridgehead atoms. The fourth-order valence-electron chi connectivity index (χ4n) is 5.53. The molecule has 3 aliphatic heterocycles. The van der Waals surface area contributed by atoms with Gasteiger partial charge in [0.2, 0.25) is 17.8 Å². The first-order valence-electron chi connectivity index (χ1n) is 14.9. The maximum Gasteiger partial charge on any atom is 0.254 e. The van der Waals surface area contributed by atoms with Gasteiger partial charge in [0.25, 0.3) is 5.91 Å². The van der Waals surface area contributed by atoms with Crippen molar-refractivity contribution in [1.82, 2.24) is 34.7 Å². The van der Waals surface area contributed by atoms with Crippen LogP contribution in [0.25, 0.3) is 22.4 Å². The molecule has 1 amide bonds. The minimum absolute atomic E-state index is 0.0570. The second kappa shape index (κ2) is 12.1. The Balaban J connectivity index is 1.09. The standard InChI is InChI=1S/C30H36N10O3/c1-37-8-10-38(11-9-37)27(41)22-4-7-24-25(20-22)33-28(32-24)31-23-5-2-21(3-6-23)26-34-29(39-12-16-42-17-13-39)36-30(35-26)40-14-18-43-19-15-40/h2-7,20H,8-19H2,1H3,(H2,31,32,33). The Labute approximate surface area is 249 Å². The Bertz CT molecular complexity index is 1540. The van der Waals surface area contributed by atoms with Crippen LogP contribution in [-0.4, -0.2) is 126 Å². The molecule has 13 nitrogen and oxygen atoms in total. The highest BCUT2D eigenvalue weighted by Crippen LogP contribution is 2.26. The van der Waals surface area contributed by atoms with E-state index in [-0.39, 0.29) is 5.91 Å². The molecule has 3 saturated heterocycles. The van der Waals surface area contributed by atoms with Gasteiger partial charge in [0.05, 0.1) is 37.5 Å². The molecule has 0 spiro atoms. The number of anilines is 4. The lowest BCUT2D eigenvalue weighted by molar-refractivity contribution is 0.0664. The number of hydrogen-bond acceptors (Lipinski definition) is 11. The smallest absolute Gasteiger partial charge is 0.254 e. The summed E-state index contributed by atoms with van der Waals surface area (Å²) in [4.78, 5) is 44.0. The number of amides is 1. The molecule has 0 saturated carbocycles. The van der Waals surface area contributed by atoms with E-state index >= 15 is 0 Å². The number of rotatable bonds is 6. The van der Waals surface area contributed by atoms with E-state index in [1.165, 1.54) is 0 Å². The molecule has 224 valence electrons. The molecule has 0 atom stereocenters. The van der Waals surface area contributed by atoms with Gasteiger partial charge in [0.1, 0.15) is 0 Å². The average Bonchev–Trinajstić information content (AvgIpc) is 3.47. The fraction of sp³-hybridized carbons (Fsp3) is 0.433. The number of nitrogens with one attached hydrogen (secondary N) is 2. The van der Waals surface area contributed by atoms with Crippen LogP contribution in [0.5, 0.6) is 0 Å². The van der Waals surface area contributed by atoms with E-state index in [0.29, 0.717) is 55.7 Å². The van der Waals surface area contributed by atoms with Gasteiger partial charge >= 0.3 is 0 Å². The van der Waals surface area contributed by atoms with Crippen LogP contribution in [0, 0.1) is 0 Å². The lowest BCUT2D eigenvalue weighted by Crippen LogP contribution is -2.47. The van der Waals surface area contributed by atoms with Gasteiger partial charge in [0, 0.05) is 69.2 Å². The number of morpholine rings is 2. The molecule has 0 aliphatic carbocycles. The normalized spacial score (nSPS) is 18.3. The minimum atomic E-state index is 0.0570. The van der Waals surface area contributed by atoms with Gasteiger partial charge in [0.15, 0.2) is 5.82 Å². The zero-order valence-corrected chi connectivity index (χ0v) is 24.3. The number of aromatic nitrogens is 5. The van der Waals surface area contributed by atoms with Crippen LogP contribution in [0.15, 0.2) is 42.5 Å². The van der Waals surface area contributed by atoms with Crippen LogP contribution in [0.2, 0.25) is 0 Å². The van der Waals surface area contributed by atoms with E-state index in [4.69, 9.17) is 24.4 Å². The number of fused-ring (bicyclic) bond motifs is 1. The number of carbonyl (C=O) groups excluding carboxylic acids is 1. The third-order valence-corrected chi connectivity index (χ3v) is 8.12. The van der Waals surface area contributed by atoms with Crippen molar-refractivity contribution in [3.05, 3.63) is 48.0 Å². The second-order valence-electron chi connectivity index (χ2n) is 11.1. The van der Waals surface area contributed by atoms with E-state index in [9.17, 15) is 4.79 Å². The van der Waals surface area contributed by atoms with Gasteiger partial charge in [-0.3, -0.25) is 4.79 Å². The van der Waals surface area contributed by atoms with E-state index in [1.807, 2.05) is 47.4 Å². The molecule has 0 radical (unpaired) electrons. The summed E-state index contributed by atoms with van der Waals surface area (Å²) >= 11 is 0. The highest BCUT2D eigenvalue weighted by Gasteiger charge is 2.22. The van der Waals surface area contributed by atoms with E-state index in [1.54, 1.807) is 0 Å². The number of carbonyl (C=O) groups is 1. The van der Waals surface area contributed by atoms with Crippen LogP contribution in [0.1, 0.15) is 10.4 Å². The van der Waals surface area contributed by atoms with Gasteiger partial charge < -0.3 is 39.4 Å². The van der Waals surface area contributed by atoms with Crippen molar-refractivity contribution in [3.63, 3.8) is 0 Å². The first-order chi connectivity index (χ1) is 21.1. The summed E-state index contributed by atoms with van der Waals surface area (Å²) in [6, 6.07) is 13.6. The summed E-state index contributed by atoms with van der Waals surface area (Å²) < 4.78 is 11.1. The Morgan fingerprint density at radius 1 is 0.767 bits per heavy atom. The van der Waals surface area contributed by atoms with Gasteiger partial charge in [-0.2, -0.15) is 15.0 Å². The molecule has 4 aromatic rings. The molecule has 3 aliphatic rings. The molecule has 43 heavy (non-hydrogen) atoms. The third kappa shape index (κ3) is 6.10. The number of aromatic amines is 1. The number of hydrogen-bond donors (Lipinski definition) is 2. The summed E-state index contributed by atoms with van der Waals surface area (Å²) in [6.45, 7) is 8.89. The van der Waals surface area contributed by atoms with Crippen LogP contribution in [0.4, 0.5) is 23.5 Å². The molecule has 2 aromatic heterocycles. The fourth-order valence-corrected chi connectivity index (χ4v) is 5.53. The highest BCUT2D eigenvalue weighted by atomic mass is 16.5. The first kappa shape index (κ1) is 27.5. The van der Waals surface area contributed by atoms with Crippen molar-refractivity contribution in [2.24, 2.45) is 0 Å². The lowest BCUT2D eigenvalue weighted by Gasteiger charge is -2.32. The molecule has 2 N–H and O–H groups in total. The predicted octanol–water partition coefficient (Wildman–Crippen LogP) is 2.22. The number of imidazole rings is 1. The van der Waals surface area contributed by atoms with Crippen molar-refractivity contribution in [1.29, 1.82) is 0 Å². The number of nitrogens with zero attached hydrogens (tertiary/aromatic N) is 8. The van der Waals surface area contributed by atoms with Gasteiger partial charge in [-0.05, 0) is 49.5 Å². The quantitative estimate of drug-likeness (QED) is 0.346. The Hall–Kier alpha value is -4.33. The molecule has 7 rings (SSSR count). The van der Waals surface area contributed by atoms with Crippen molar-refractivity contribution >= 4 is 40.5 Å². The van der Waals surface area contributed by atoms with Crippen molar-refractivity contribution in [3.8, 4) is 11.4 Å². The Morgan fingerprint density at radius 3 is 2.02 bits per heavy atom. The molecule has 5 heterocycles. The zero-order chi connectivity index (χ0) is 29.2. The molecule has 2 aromatic carbocycles. The summed E-state index contributed by atoms with van der Waals surface area (Å²) in [6.07, 6.45) is 0. The number of ether oxygens (including phenoxy) is 2.